The Bertz CT molecular complexity index is 917. The van der Waals surface area contributed by atoms with Gasteiger partial charge in [0, 0.05) is 37.1 Å². The first-order valence-electron chi connectivity index (χ1n) is 8.25. The quantitative estimate of drug-likeness (QED) is 0.844. The van der Waals surface area contributed by atoms with E-state index < -0.39 is 9.84 Å². The lowest BCUT2D eigenvalue weighted by molar-refractivity contribution is 0.0747. The van der Waals surface area contributed by atoms with Crippen LogP contribution >= 0.6 is 11.6 Å². The summed E-state index contributed by atoms with van der Waals surface area (Å²) in [4.78, 5) is 18.3. The van der Waals surface area contributed by atoms with Crippen molar-refractivity contribution >= 4 is 33.0 Å². The maximum absolute atomic E-state index is 12.7. The van der Waals surface area contributed by atoms with Gasteiger partial charge >= 0.3 is 0 Å². The Balaban J connectivity index is 1.68. The molecule has 0 saturated carbocycles. The molecule has 138 valence electrons. The Labute approximate surface area is 158 Å². The van der Waals surface area contributed by atoms with Gasteiger partial charge in [-0.25, -0.2) is 8.42 Å². The molecule has 26 heavy (non-hydrogen) atoms. The summed E-state index contributed by atoms with van der Waals surface area (Å²) in [5.41, 5.74) is 2.06. The second-order valence-corrected chi connectivity index (χ2v) is 9.02. The van der Waals surface area contributed by atoms with E-state index in [2.05, 4.69) is 10.3 Å². The smallest absolute Gasteiger partial charge is 0.255 e. The lowest BCUT2D eigenvalue weighted by Crippen LogP contribution is -2.37. The molecule has 1 atom stereocenters. The summed E-state index contributed by atoms with van der Waals surface area (Å²) < 4.78 is 23.3. The number of nitrogens with zero attached hydrogens (tertiary/aromatic N) is 2. The van der Waals surface area contributed by atoms with Crippen LogP contribution in [-0.2, 0) is 16.4 Å². The monoisotopic (exact) mass is 393 g/mol. The number of pyridine rings is 1. The molecule has 1 aliphatic rings. The molecule has 1 N–H and O–H groups in total. The number of benzene rings is 1. The van der Waals surface area contributed by atoms with Gasteiger partial charge in [0.05, 0.1) is 22.8 Å². The van der Waals surface area contributed by atoms with Crippen LogP contribution in [0, 0.1) is 0 Å². The molecule has 6 nitrogen and oxygen atoms in total. The summed E-state index contributed by atoms with van der Waals surface area (Å²) in [5.74, 6) is -0.0823. The highest BCUT2D eigenvalue weighted by molar-refractivity contribution is 7.91. The lowest BCUT2D eigenvalue weighted by Gasteiger charge is -2.23. The van der Waals surface area contributed by atoms with Gasteiger partial charge < -0.3 is 10.2 Å². The highest BCUT2D eigenvalue weighted by Gasteiger charge is 2.33. The van der Waals surface area contributed by atoms with Gasteiger partial charge in [0.15, 0.2) is 9.84 Å². The van der Waals surface area contributed by atoms with E-state index in [1.54, 1.807) is 19.3 Å². The Hall–Kier alpha value is -2.12. The summed E-state index contributed by atoms with van der Waals surface area (Å²) >= 11 is 6.14. The molecule has 0 radical (unpaired) electrons. The molecule has 1 unspecified atom stereocenters. The van der Waals surface area contributed by atoms with Gasteiger partial charge in [-0.3, -0.25) is 9.78 Å². The first-order chi connectivity index (χ1) is 12.4. The number of halogens is 1. The van der Waals surface area contributed by atoms with E-state index in [-0.39, 0.29) is 23.5 Å². The summed E-state index contributed by atoms with van der Waals surface area (Å²) in [7, 11) is -1.41. The molecule has 1 fully saturated rings. The standard InChI is InChI=1S/C18H20ClN3O3S/c1-22(16-6-7-26(24,25)12-16)18(23)14-8-15(11-20-9-14)21-10-13-4-2-3-5-17(13)19/h2-5,8-9,11,16,21H,6-7,10,12H2,1H3. The van der Waals surface area contributed by atoms with Gasteiger partial charge in [-0.15, -0.1) is 0 Å². The average molecular weight is 394 g/mol. The summed E-state index contributed by atoms with van der Waals surface area (Å²) in [6, 6.07) is 8.95. The van der Waals surface area contributed by atoms with E-state index in [0.717, 1.165) is 5.56 Å². The van der Waals surface area contributed by atoms with Crippen molar-refractivity contribution < 1.29 is 13.2 Å². The number of rotatable bonds is 5. The summed E-state index contributed by atoms with van der Waals surface area (Å²) in [5, 5.41) is 3.87. The molecule has 1 aromatic heterocycles. The van der Waals surface area contributed by atoms with Crippen molar-refractivity contribution in [3.8, 4) is 0 Å². The van der Waals surface area contributed by atoms with Crippen LogP contribution in [0.2, 0.25) is 5.02 Å². The zero-order valence-electron chi connectivity index (χ0n) is 14.4. The topological polar surface area (TPSA) is 79.4 Å². The third kappa shape index (κ3) is 4.34. The summed E-state index contributed by atoms with van der Waals surface area (Å²) in [6.07, 6.45) is 3.60. The number of nitrogens with one attached hydrogen (secondary N) is 1. The van der Waals surface area contributed by atoms with Gasteiger partial charge in [-0.1, -0.05) is 29.8 Å². The zero-order valence-corrected chi connectivity index (χ0v) is 15.9. The van der Waals surface area contributed by atoms with Gasteiger partial charge in [-0.05, 0) is 24.1 Å². The molecule has 2 aromatic rings. The van der Waals surface area contributed by atoms with Crippen LogP contribution in [0.25, 0.3) is 0 Å². The van der Waals surface area contributed by atoms with Crippen molar-refractivity contribution in [1.29, 1.82) is 0 Å². The molecule has 0 spiro atoms. The summed E-state index contributed by atoms with van der Waals surface area (Å²) in [6.45, 7) is 0.510. The fourth-order valence-electron chi connectivity index (χ4n) is 2.94. The number of carbonyl (C=O) groups excluding carboxylic acids is 1. The van der Waals surface area contributed by atoms with E-state index >= 15 is 0 Å². The molecule has 1 aromatic carbocycles. The number of aromatic nitrogens is 1. The SMILES string of the molecule is CN(C(=O)c1cncc(NCc2ccccc2Cl)c1)C1CCS(=O)(=O)C1. The number of hydrogen-bond acceptors (Lipinski definition) is 5. The van der Waals surface area contributed by atoms with E-state index in [1.807, 2.05) is 24.3 Å². The van der Waals surface area contributed by atoms with Crippen LogP contribution < -0.4 is 5.32 Å². The Morgan fingerprint density at radius 3 is 2.81 bits per heavy atom. The van der Waals surface area contributed by atoms with Crippen LogP contribution in [-0.4, -0.2) is 48.8 Å². The maximum Gasteiger partial charge on any atom is 0.255 e. The zero-order chi connectivity index (χ0) is 18.7. The molecule has 8 heteroatoms. The van der Waals surface area contributed by atoms with E-state index in [4.69, 9.17) is 11.6 Å². The molecule has 2 heterocycles. The van der Waals surface area contributed by atoms with Crippen molar-refractivity contribution in [2.75, 3.05) is 23.9 Å². The van der Waals surface area contributed by atoms with Crippen molar-refractivity contribution in [2.45, 2.75) is 19.0 Å². The van der Waals surface area contributed by atoms with Gasteiger partial charge in [0.2, 0.25) is 0 Å². The van der Waals surface area contributed by atoms with Crippen LogP contribution in [0.3, 0.4) is 0 Å². The molecule has 1 aliphatic heterocycles. The number of anilines is 1. The minimum Gasteiger partial charge on any atom is -0.380 e. The Morgan fingerprint density at radius 1 is 1.35 bits per heavy atom. The predicted octanol–water partition coefficient (Wildman–Crippen LogP) is 2.61. The fourth-order valence-corrected chi connectivity index (χ4v) is 4.92. The van der Waals surface area contributed by atoms with Crippen LogP contribution in [0.15, 0.2) is 42.7 Å². The van der Waals surface area contributed by atoms with Crippen LogP contribution in [0.4, 0.5) is 5.69 Å². The Kier molecular flexibility index (Phi) is 5.48. The second kappa shape index (κ2) is 7.63. The number of amides is 1. The van der Waals surface area contributed by atoms with Crippen molar-refractivity contribution in [2.24, 2.45) is 0 Å². The van der Waals surface area contributed by atoms with Crippen LogP contribution in [0.1, 0.15) is 22.3 Å². The minimum atomic E-state index is -3.04. The maximum atomic E-state index is 12.7. The first kappa shape index (κ1) is 18.7. The third-order valence-corrected chi connectivity index (χ3v) is 6.62. The van der Waals surface area contributed by atoms with Crippen molar-refractivity contribution in [3.63, 3.8) is 0 Å². The van der Waals surface area contributed by atoms with Crippen LogP contribution in [0.5, 0.6) is 0 Å². The third-order valence-electron chi connectivity index (χ3n) is 4.50. The molecule has 1 amide bonds. The molecule has 0 bridgehead atoms. The highest BCUT2D eigenvalue weighted by atomic mass is 35.5. The molecule has 0 aliphatic carbocycles. The largest absolute Gasteiger partial charge is 0.380 e. The first-order valence-corrected chi connectivity index (χ1v) is 10.5. The normalized spacial score (nSPS) is 18.5. The highest BCUT2D eigenvalue weighted by Crippen LogP contribution is 2.20. The van der Waals surface area contributed by atoms with Gasteiger partial charge in [-0.2, -0.15) is 0 Å². The van der Waals surface area contributed by atoms with Gasteiger partial charge in [0.25, 0.3) is 5.91 Å². The van der Waals surface area contributed by atoms with Crippen molar-refractivity contribution in [3.05, 3.63) is 58.9 Å². The molecule has 1 saturated heterocycles. The Morgan fingerprint density at radius 2 is 2.12 bits per heavy atom. The minimum absolute atomic E-state index is 0.0209. The lowest BCUT2D eigenvalue weighted by atomic mass is 10.1. The predicted molar refractivity (Wildman–Crippen MR) is 102 cm³/mol. The number of carbonyl (C=O) groups is 1. The van der Waals surface area contributed by atoms with E-state index in [9.17, 15) is 13.2 Å². The molecule has 3 rings (SSSR count). The van der Waals surface area contributed by atoms with Gasteiger partial charge in [0.1, 0.15) is 0 Å². The van der Waals surface area contributed by atoms with Crippen molar-refractivity contribution in [1.82, 2.24) is 9.88 Å². The van der Waals surface area contributed by atoms with E-state index in [0.29, 0.717) is 29.2 Å². The fraction of sp³-hybridized carbons (Fsp3) is 0.333. The molecular weight excluding hydrogens is 374 g/mol. The average Bonchev–Trinajstić information content (AvgIpc) is 3.00. The second-order valence-electron chi connectivity index (χ2n) is 6.38. The van der Waals surface area contributed by atoms with E-state index in [1.165, 1.54) is 11.1 Å². The molecular formula is C18H20ClN3O3S. The number of hydrogen-bond donors (Lipinski definition) is 1. The number of sulfone groups is 1.